The Balaban J connectivity index is 0.00000300. The monoisotopic (exact) mass is 438 g/mol. The zero-order chi connectivity index (χ0) is 20.1. The van der Waals surface area contributed by atoms with E-state index in [-0.39, 0.29) is 24.9 Å². The number of para-hydroxylation sites is 1. The van der Waals surface area contributed by atoms with Gasteiger partial charge in [-0.15, -0.1) is 23.7 Å². The van der Waals surface area contributed by atoms with Crippen molar-refractivity contribution in [3.63, 3.8) is 0 Å². The van der Waals surface area contributed by atoms with E-state index in [9.17, 15) is 9.59 Å². The third kappa shape index (κ3) is 5.50. The number of nitrogens with one attached hydrogen (secondary N) is 1. The molecule has 1 aromatic heterocycles. The number of methoxy groups -OCH3 is 1. The van der Waals surface area contributed by atoms with Gasteiger partial charge in [-0.25, -0.2) is 4.79 Å². The number of esters is 1. The molecule has 1 N–H and O–H groups in total. The number of halogens is 1. The highest BCUT2D eigenvalue weighted by atomic mass is 35.5. The van der Waals surface area contributed by atoms with Gasteiger partial charge in [0.25, 0.3) is 5.91 Å². The van der Waals surface area contributed by atoms with Crippen LogP contribution in [0.5, 0.6) is 5.75 Å². The molecule has 0 saturated heterocycles. The molecule has 158 valence electrons. The average molecular weight is 439 g/mol. The Kier molecular flexibility index (Phi) is 8.49. The number of anilines is 1. The van der Waals surface area contributed by atoms with Gasteiger partial charge in [-0.3, -0.25) is 9.69 Å². The number of carbonyl (C=O) groups excluding carboxylic acids is 2. The molecule has 1 aliphatic rings. The van der Waals surface area contributed by atoms with E-state index in [4.69, 9.17) is 9.47 Å². The molecule has 0 bridgehead atoms. The Labute approximate surface area is 181 Å². The molecule has 2 aromatic rings. The molecule has 1 amide bonds. The summed E-state index contributed by atoms with van der Waals surface area (Å²) in [5, 5.41) is 3.40. The van der Waals surface area contributed by atoms with Crippen LogP contribution in [0.3, 0.4) is 0 Å². The molecule has 0 unspecified atom stereocenters. The number of carbonyl (C=O) groups is 2. The minimum Gasteiger partial charge on any atom is -0.483 e. The zero-order valence-corrected chi connectivity index (χ0v) is 18.6. The molecule has 6 nitrogen and oxygen atoms in total. The SMILES string of the molecule is CCCN1CCc2c(sc(NC(=O)COc3ccccc3C)c2C(=O)OC)C1.Cl. The number of benzene rings is 1. The Morgan fingerprint density at radius 3 is 2.72 bits per heavy atom. The standard InChI is InChI=1S/C21H26N2O4S.ClH/c1-4-10-23-11-9-15-17(12-23)28-20(19(15)21(25)26-3)22-18(24)13-27-16-8-6-5-7-14(16)2;/h5-8H,4,9-13H2,1-3H3,(H,22,24);1H. The number of hydrogen-bond acceptors (Lipinski definition) is 6. The van der Waals surface area contributed by atoms with E-state index in [1.807, 2.05) is 31.2 Å². The van der Waals surface area contributed by atoms with Crippen molar-refractivity contribution in [2.45, 2.75) is 33.2 Å². The molecule has 1 aromatic carbocycles. The fraction of sp³-hybridized carbons (Fsp3) is 0.429. The van der Waals surface area contributed by atoms with Crippen LogP contribution in [0.15, 0.2) is 24.3 Å². The molecule has 0 spiro atoms. The number of nitrogens with zero attached hydrogens (tertiary/aromatic N) is 1. The third-order valence-corrected chi connectivity index (χ3v) is 5.90. The lowest BCUT2D eigenvalue weighted by molar-refractivity contribution is -0.118. The molecule has 1 aliphatic heterocycles. The summed E-state index contributed by atoms with van der Waals surface area (Å²) >= 11 is 1.46. The number of amides is 1. The molecule has 0 fully saturated rings. The van der Waals surface area contributed by atoms with Gasteiger partial charge in [0, 0.05) is 18.0 Å². The van der Waals surface area contributed by atoms with Crippen LogP contribution in [0.2, 0.25) is 0 Å². The van der Waals surface area contributed by atoms with Gasteiger partial charge in [0.1, 0.15) is 10.8 Å². The fourth-order valence-corrected chi connectivity index (χ4v) is 4.69. The molecule has 2 heterocycles. The highest BCUT2D eigenvalue weighted by molar-refractivity contribution is 7.17. The second-order valence-corrected chi connectivity index (χ2v) is 7.93. The summed E-state index contributed by atoms with van der Waals surface area (Å²) in [5.74, 6) is -0.0273. The maximum absolute atomic E-state index is 12.4. The summed E-state index contributed by atoms with van der Waals surface area (Å²) in [4.78, 5) is 28.3. The number of aryl methyl sites for hydroxylation is 1. The van der Waals surface area contributed by atoms with Crippen LogP contribution in [-0.2, 0) is 22.5 Å². The summed E-state index contributed by atoms with van der Waals surface area (Å²) in [5.41, 5.74) is 2.45. The predicted octanol–water partition coefficient (Wildman–Crippen LogP) is 4.05. The van der Waals surface area contributed by atoms with Crippen LogP contribution in [0.4, 0.5) is 5.00 Å². The van der Waals surface area contributed by atoms with Gasteiger partial charge in [-0.05, 0) is 43.5 Å². The Morgan fingerprint density at radius 1 is 1.28 bits per heavy atom. The van der Waals surface area contributed by atoms with Gasteiger partial charge in [0.2, 0.25) is 0 Å². The Hall–Kier alpha value is -2.09. The maximum Gasteiger partial charge on any atom is 0.341 e. The molecular formula is C21H27ClN2O4S. The van der Waals surface area contributed by atoms with Crippen molar-refractivity contribution in [1.82, 2.24) is 4.90 Å². The first-order valence-electron chi connectivity index (χ1n) is 9.47. The Morgan fingerprint density at radius 2 is 2.03 bits per heavy atom. The lowest BCUT2D eigenvalue weighted by Crippen LogP contribution is -2.30. The maximum atomic E-state index is 12.4. The highest BCUT2D eigenvalue weighted by Gasteiger charge is 2.29. The smallest absolute Gasteiger partial charge is 0.341 e. The average Bonchev–Trinajstić information content (AvgIpc) is 3.04. The number of hydrogen-bond donors (Lipinski definition) is 1. The van der Waals surface area contributed by atoms with Crippen LogP contribution < -0.4 is 10.1 Å². The number of fused-ring (bicyclic) bond motifs is 1. The van der Waals surface area contributed by atoms with E-state index in [1.165, 1.54) is 18.4 Å². The van der Waals surface area contributed by atoms with Gasteiger partial charge in [-0.1, -0.05) is 25.1 Å². The topological polar surface area (TPSA) is 67.9 Å². The zero-order valence-electron chi connectivity index (χ0n) is 16.9. The van der Waals surface area contributed by atoms with Gasteiger partial charge < -0.3 is 14.8 Å². The van der Waals surface area contributed by atoms with Crippen LogP contribution in [-0.4, -0.2) is 43.6 Å². The van der Waals surface area contributed by atoms with Crippen LogP contribution in [0.1, 0.15) is 39.7 Å². The van der Waals surface area contributed by atoms with Gasteiger partial charge in [0.05, 0.1) is 12.7 Å². The first kappa shape index (κ1) is 23.2. The van der Waals surface area contributed by atoms with E-state index >= 15 is 0 Å². The minimum absolute atomic E-state index is 0. The summed E-state index contributed by atoms with van der Waals surface area (Å²) in [6.45, 7) is 6.70. The second-order valence-electron chi connectivity index (χ2n) is 6.83. The molecule has 29 heavy (non-hydrogen) atoms. The van der Waals surface area contributed by atoms with Crippen LogP contribution >= 0.6 is 23.7 Å². The van der Waals surface area contributed by atoms with Crippen LogP contribution in [0, 0.1) is 6.92 Å². The largest absolute Gasteiger partial charge is 0.483 e. The summed E-state index contributed by atoms with van der Waals surface area (Å²) < 4.78 is 10.6. The van der Waals surface area contributed by atoms with E-state index in [2.05, 4.69) is 17.1 Å². The van der Waals surface area contributed by atoms with Crippen molar-refractivity contribution >= 4 is 40.6 Å². The van der Waals surface area contributed by atoms with Crippen molar-refractivity contribution in [2.24, 2.45) is 0 Å². The molecule has 0 atom stereocenters. The fourth-order valence-electron chi connectivity index (χ4n) is 3.39. The molecule has 8 heteroatoms. The van der Waals surface area contributed by atoms with Crippen molar-refractivity contribution in [3.05, 3.63) is 45.8 Å². The van der Waals surface area contributed by atoms with Crippen molar-refractivity contribution in [2.75, 3.05) is 32.1 Å². The number of thiophene rings is 1. The quantitative estimate of drug-likeness (QED) is 0.660. The number of rotatable bonds is 7. The summed E-state index contributed by atoms with van der Waals surface area (Å²) in [6.07, 6.45) is 1.87. The van der Waals surface area contributed by atoms with Crippen molar-refractivity contribution < 1.29 is 19.1 Å². The molecule has 3 rings (SSSR count). The first-order chi connectivity index (χ1) is 13.5. The lowest BCUT2D eigenvalue weighted by Gasteiger charge is -2.26. The van der Waals surface area contributed by atoms with Gasteiger partial charge in [0.15, 0.2) is 6.61 Å². The van der Waals surface area contributed by atoms with Gasteiger partial charge >= 0.3 is 5.97 Å². The van der Waals surface area contributed by atoms with Crippen molar-refractivity contribution in [3.8, 4) is 5.75 Å². The van der Waals surface area contributed by atoms with E-state index < -0.39 is 5.97 Å². The normalized spacial score (nSPS) is 13.2. The minimum atomic E-state index is -0.406. The third-order valence-electron chi connectivity index (χ3n) is 4.77. The van der Waals surface area contributed by atoms with E-state index in [1.54, 1.807) is 0 Å². The predicted molar refractivity (Wildman–Crippen MR) is 117 cm³/mol. The van der Waals surface area contributed by atoms with Gasteiger partial charge in [-0.2, -0.15) is 0 Å². The second kappa shape index (κ2) is 10.6. The molecule has 0 radical (unpaired) electrons. The molecule has 0 aliphatic carbocycles. The van der Waals surface area contributed by atoms with E-state index in [0.29, 0.717) is 16.3 Å². The number of ether oxygens (including phenoxy) is 2. The molecular weight excluding hydrogens is 412 g/mol. The van der Waals surface area contributed by atoms with Crippen molar-refractivity contribution in [1.29, 1.82) is 0 Å². The van der Waals surface area contributed by atoms with Crippen LogP contribution in [0.25, 0.3) is 0 Å². The lowest BCUT2D eigenvalue weighted by atomic mass is 10.0. The van der Waals surface area contributed by atoms with E-state index in [0.717, 1.165) is 48.5 Å². The molecule has 0 saturated carbocycles. The summed E-state index contributed by atoms with van der Waals surface area (Å²) in [6, 6.07) is 7.54. The Bertz CT molecular complexity index is 868. The highest BCUT2D eigenvalue weighted by Crippen LogP contribution is 2.37. The first-order valence-corrected chi connectivity index (χ1v) is 10.3. The summed E-state index contributed by atoms with van der Waals surface area (Å²) in [7, 11) is 1.37.